The molecule has 0 spiro atoms. The molecule has 1 saturated carbocycles. The van der Waals surface area contributed by atoms with Crippen molar-refractivity contribution >= 4 is 11.9 Å². The summed E-state index contributed by atoms with van der Waals surface area (Å²) in [6, 6.07) is 2.38. The Balaban J connectivity index is 1.94. The van der Waals surface area contributed by atoms with Crippen LogP contribution >= 0.6 is 0 Å². The molecular weight excluding hydrogens is 266 g/mol. The van der Waals surface area contributed by atoms with Crippen LogP contribution in [0.4, 0.5) is 11.9 Å². The van der Waals surface area contributed by atoms with Crippen molar-refractivity contribution in [1.82, 2.24) is 24.7 Å². The van der Waals surface area contributed by atoms with E-state index in [2.05, 4.69) is 37.3 Å². The van der Waals surface area contributed by atoms with Crippen LogP contribution in [-0.2, 0) is 0 Å². The van der Waals surface area contributed by atoms with Gasteiger partial charge in [0.05, 0.1) is 0 Å². The van der Waals surface area contributed by atoms with Gasteiger partial charge in [0.1, 0.15) is 0 Å². The van der Waals surface area contributed by atoms with Crippen LogP contribution in [0.5, 0.6) is 0 Å². The van der Waals surface area contributed by atoms with Gasteiger partial charge in [-0.2, -0.15) is 20.1 Å². The summed E-state index contributed by atoms with van der Waals surface area (Å²) in [5.74, 6) is 1.85. The smallest absolute Gasteiger partial charge is 0.257 e. The number of aromatic nitrogens is 5. The molecule has 2 aromatic rings. The summed E-state index contributed by atoms with van der Waals surface area (Å²) in [7, 11) is 2.06. The van der Waals surface area contributed by atoms with E-state index in [4.69, 9.17) is 0 Å². The molecule has 2 heterocycles. The zero-order valence-electron chi connectivity index (χ0n) is 12.5. The van der Waals surface area contributed by atoms with Crippen LogP contribution < -0.4 is 10.2 Å². The Bertz CT molecular complexity index is 575. The number of anilines is 2. The predicted octanol–water partition coefficient (Wildman–Crippen LogP) is 1.87. The first-order chi connectivity index (χ1) is 10.3. The molecule has 112 valence electrons. The van der Waals surface area contributed by atoms with Crippen LogP contribution in [0, 0.1) is 0 Å². The zero-order valence-corrected chi connectivity index (χ0v) is 12.5. The Hall–Kier alpha value is -2.18. The first kappa shape index (κ1) is 13.8. The Morgan fingerprint density at radius 3 is 2.76 bits per heavy atom. The predicted molar refractivity (Wildman–Crippen MR) is 81.8 cm³/mol. The third kappa shape index (κ3) is 2.96. The summed E-state index contributed by atoms with van der Waals surface area (Å²) in [5, 5.41) is 7.37. The average molecular weight is 287 g/mol. The second kappa shape index (κ2) is 6.07. The van der Waals surface area contributed by atoms with E-state index in [0.29, 0.717) is 23.9 Å². The van der Waals surface area contributed by atoms with Gasteiger partial charge in [-0.25, -0.2) is 4.68 Å². The quantitative estimate of drug-likeness (QED) is 0.905. The lowest BCUT2D eigenvalue weighted by atomic mass is 10.2. The molecule has 3 rings (SSSR count). The van der Waals surface area contributed by atoms with Gasteiger partial charge in [0.25, 0.3) is 5.95 Å². The maximum absolute atomic E-state index is 4.57. The molecule has 0 bridgehead atoms. The van der Waals surface area contributed by atoms with Crippen molar-refractivity contribution in [1.29, 1.82) is 0 Å². The van der Waals surface area contributed by atoms with Gasteiger partial charge >= 0.3 is 0 Å². The van der Waals surface area contributed by atoms with Crippen molar-refractivity contribution in [2.75, 3.05) is 23.8 Å². The SMILES string of the molecule is CCNc1nc(N(C)C2CCCC2)nc(-n2cccn2)n1. The fourth-order valence-electron chi connectivity index (χ4n) is 2.69. The van der Waals surface area contributed by atoms with Crippen molar-refractivity contribution < 1.29 is 0 Å². The van der Waals surface area contributed by atoms with Gasteiger partial charge in [-0.1, -0.05) is 12.8 Å². The normalized spacial score (nSPS) is 15.3. The number of nitrogens with zero attached hydrogens (tertiary/aromatic N) is 6. The van der Waals surface area contributed by atoms with Gasteiger partial charge in [0, 0.05) is 32.0 Å². The van der Waals surface area contributed by atoms with E-state index >= 15 is 0 Å². The summed E-state index contributed by atoms with van der Waals surface area (Å²) in [5.41, 5.74) is 0. The van der Waals surface area contributed by atoms with Crippen molar-refractivity contribution in [2.45, 2.75) is 38.6 Å². The number of hydrogen-bond acceptors (Lipinski definition) is 6. The van der Waals surface area contributed by atoms with Crippen LogP contribution in [0.3, 0.4) is 0 Å². The molecule has 1 aliphatic rings. The Morgan fingerprint density at radius 2 is 2.10 bits per heavy atom. The van der Waals surface area contributed by atoms with Crippen LogP contribution in [0.1, 0.15) is 32.6 Å². The standard InChI is InChI=1S/C14H21N7/c1-3-15-12-17-13(20(2)11-7-4-5-8-11)19-14(18-12)21-10-6-9-16-21/h6,9-11H,3-5,7-8H2,1-2H3,(H,15,17,18,19). The molecule has 0 aliphatic heterocycles. The molecule has 0 atom stereocenters. The van der Waals surface area contributed by atoms with E-state index < -0.39 is 0 Å². The lowest BCUT2D eigenvalue weighted by Gasteiger charge is -2.24. The van der Waals surface area contributed by atoms with Crippen molar-refractivity contribution in [3.05, 3.63) is 18.5 Å². The van der Waals surface area contributed by atoms with E-state index in [1.807, 2.05) is 19.2 Å². The molecule has 0 aromatic carbocycles. The van der Waals surface area contributed by atoms with E-state index in [1.165, 1.54) is 25.7 Å². The molecule has 2 aromatic heterocycles. The van der Waals surface area contributed by atoms with Gasteiger partial charge < -0.3 is 10.2 Å². The Labute approximate surface area is 124 Å². The number of rotatable bonds is 5. The fraction of sp³-hybridized carbons (Fsp3) is 0.571. The first-order valence-electron chi connectivity index (χ1n) is 7.50. The van der Waals surface area contributed by atoms with E-state index in [-0.39, 0.29) is 0 Å². The summed E-state index contributed by atoms with van der Waals surface area (Å²) < 4.78 is 1.66. The van der Waals surface area contributed by atoms with Gasteiger partial charge in [0.2, 0.25) is 11.9 Å². The highest BCUT2D eigenvalue weighted by Crippen LogP contribution is 2.25. The van der Waals surface area contributed by atoms with Crippen LogP contribution in [-0.4, -0.2) is 44.4 Å². The van der Waals surface area contributed by atoms with Crippen LogP contribution in [0.25, 0.3) is 5.95 Å². The minimum atomic E-state index is 0.521. The average Bonchev–Trinajstić information content (AvgIpc) is 3.19. The highest BCUT2D eigenvalue weighted by Gasteiger charge is 2.22. The first-order valence-corrected chi connectivity index (χ1v) is 7.50. The number of hydrogen-bond donors (Lipinski definition) is 1. The van der Waals surface area contributed by atoms with Gasteiger partial charge in [0.15, 0.2) is 0 Å². The molecule has 0 amide bonds. The summed E-state index contributed by atoms with van der Waals surface area (Å²) in [4.78, 5) is 15.7. The van der Waals surface area contributed by atoms with Crippen LogP contribution in [0.15, 0.2) is 18.5 Å². The Morgan fingerprint density at radius 1 is 1.29 bits per heavy atom. The monoisotopic (exact) mass is 287 g/mol. The second-order valence-corrected chi connectivity index (χ2v) is 5.29. The number of nitrogens with one attached hydrogen (secondary N) is 1. The van der Waals surface area contributed by atoms with E-state index in [9.17, 15) is 0 Å². The summed E-state index contributed by atoms with van der Waals surface area (Å²) in [6.07, 6.45) is 8.53. The minimum absolute atomic E-state index is 0.521. The third-order valence-corrected chi connectivity index (χ3v) is 3.84. The summed E-state index contributed by atoms with van der Waals surface area (Å²) in [6.45, 7) is 2.80. The molecule has 0 radical (unpaired) electrons. The lowest BCUT2D eigenvalue weighted by Crippen LogP contribution is -2.31. The van der Waals surface area contributed by atoms with E-state index in [1.54, 1.807) is 10.9 Å². The lowest BCUT2D eigenvalue weighted by molar-refractivity contribution is 0.633. The molecular formula is C14H21N7. The van der Waals surface area contributed by atoms with Crippen molar-refractivity contribution in [3.63, 3.8) is 0 Å². The second-order valence-electron chi connectivity index (χ2n) is 5.29. The zero-order chi connectivity index (χ0) is 14.7. The molecule has 1 N–H and O–H groups in total. The third-order valence-electron chi connectivity index (χ3n) is 3.84. The van der Waals surface area contributed by atoms with Crippen molar-refractivity contribution in [3.8, 4) is 5.95 Å². The highest BCUT2D eigenvalue weighted by molar-refractivity contribution is 5.40. The molecule has 7 nitrogen and oxygen atoms in total. The minimum Gasteiger partial charge on any atom is -0.354 e. The van der Waals surface area contributed by atoms with Gasteiger partial charge in [-0.05, 0) is 25.8 Å². The van der Waals surface area contributed by atoms with Crippen molar-refractivity contribution in [2.24, 2.45) is 0 Å². The molecule has 0 saturated heterocycles. The molecule has 1 fully saturated rings. The van der Waals surface area contributed by atoms with Gasteiger partial charge in [-0.15, -0.1) is 0 Å². The molecule has 7 heteroatoms. The van der Waals surface area contributed by atoms with E-state index in [0.717, 1.165) is 6.54 Å². The highest BCUT2D eigenvalue weighted by atomic mass is 15.4. The molecule has 0 unspecified atom stereocenters. The molecule has 1 aliphatic carbocycles. The topological polar surface area (TPSA) is 71.8 Å². The maximum atomic E-state index is 4.57. The van der Waals surface area contributed by atoms with Gasteiger partial charge in [-0.3, -0.25) is 0 Å². The summed E-state index contributed by atoms with van der Waals surface area (Å²) >= 11 is 0. The van der Waals surface area contributed by atoms with Crippen LogP contribution in [0.2, 0.25) is 0 Å². The molecule has 21 heavy (non-hydrogen) atoms. The largest absolute Gasteiger partial charge is 0.354 e. The Kier molecular flexibility index (Phi) is 3.98. The maximum Gasteiger partial charge on any atom is 0.257 e. The fourth-order valence-corrected chi connectivity index (χ4v) is 2.69.